The molecule has 1 aliphatic carbocycles. The van der Waals surface area contributed by atoms with Gasteiger partial charge in [0.1, 0.15) is 0 Å². The van der Waals surface area contributed by atoms with Crippen LogP contribution in [-0.4, -0.2) is 38.5 Å². The van der Waals surface area contributed by atoms with E-state index in [0.717, 1.165) is 0 Å². The minimum absolute atomic E-state index is 0.180. The maximum atomic E-state index is 11.6. The Morgan fingerprint density at radius 2 is 2.31 bits per heavy atom. The molecule has 1 rings (SSSR count). The minimum atomic E-state index is -3.63. The van der Waals surface area contributed by atoms with E-state index in [4.69, 9.17) is 15.7 Å². The first kappa shape index (κ1) is 13.4. The number of rotatable bonds is 5. The molecule has 0 amide bonds. The summed E-state index contributed by atoms with van der Waals surface area (Å²) >= 11 is 0. The standard InChI is InChI=1S/C9H17N3O3S/c1-3-15-8-4-7(11)9(8)12-16(13,14)6(2)5-10/h6-9,12H,3-4,11H2,1-2H3. The summed E-state index contributed by atoms with van der Waals surface area (Å²) < 4.78 is 31.0. The molecule has 0 spiro atoms. The first-order valence-electron chi connectivity index (χ1n) is 5.20. The summed E-state index contributed by atoms with van der Waals surface area (Å²) in [6.45, 7) is 3.69. The average Bonchev–Trinajstić information content (AvgIpc) is 2.25. The summed E-state index contributed by atoms with van der Waals surface area (Å²) in [7, 11) is -3.63. The molecular weight excluding hydrogens is 230 g/mol. The van der Waals surface area contributed by atoms with Crippen LogP contribution in [0, 0.1) is 11.3 Å². The van der Waals surface area contributed by atoms with Gasteiger partial charge in [-0.2, -0.15) is 5.26 Å². The fourth-order valence-electron chi connectivity index (χ4n) is 1.55. The smallest absolute Gasteiger partial charge is 0.228 e. The van der Waals surface area contributed by atoms with Gasteiger partial charge in [0.05, 0.1) is 18.2 Å². The van der Waals surface area contributed by atoms with Crippen molar-refractivity contribution in [3.8, 4) is 6.07 Å². The van der Waals surface area contributed by atoms with Crippen LogP contribution in [0.15, 0.2) is 0 Å². The van der Waals surface area contributed by atoms with Crippen molar-refractivity contribution >= 4 is 10.0 Å². The van der Waals surface area contributed by atoms with E-state index in [9.17, 15) is 8.42 Å². The van der Waals surface area contributed by atoms with Gasteiger partial charge in [-0.15, -0.1) is 0 Å². The molecule has 0 aromatic carbocycles. The highest BCUT2D eigenvalue weighted by Crippen LogP contribution is 2.23. The molecule has 0 aliphatic heterocycles. The summed E-state index contributed by atoms with van der Waals surface area (Å²) in [5, 5.41) is 7.50. The Morgan fingerprint density at radius 3 is 2.75 bits per heavy atom. The quantitative estimate of drug-likeness (QED) is 0.670. The topological polar surface area (TPSA) is 105 Å². The molecule has 6 nitrogen and oxygen atoms in total. The zero-order chi connectivity index (χ0) is 12.3. The summed E-state index contributed by atoms with van der Waals surface area (Å²) in [6.07, 6.45) is 0.461. The Kier molecular flexibility index (Phi) is 4.27. The van der Waals surface area contributed by atoms with Crippen molar-refractivity contribution in [3.63, 3.8) is 0 Å². The highest BCUT2D eigenvalue weighted by atomic mass is 32.2. The van der Waals surface area contributed by atoms with Gasteiger partial charge in [0, 0.05) is 12.6 Å². The lowest BCUT2D eigenvalue weighted by Crippen LogP contribution is -2.65. The van der Waals surface area contributed by atoms with Crippen molar-refractivity contribution in [2.45, 2.75) is 43.7 Å². The van der Waals surface area contributed by atoms with Crippen LogP contribution in [0.4, 0.5) is 0 Å². The summed E-state index contributed by atoms with van der Waals surface area (Å²) in [6, 6.07) is 1.03. The normalized spacial score (nSPS) is 31.5. The molecule has 0 aromatic heterocycles. The third-order valence-electron chi connectivity index (χ3n) is 2.69. The molecule has 7 heteroatoms. The van der Waals surface area contributed by atoms with Gasteiger partial charge in [-0.1, -0.05) is 0 Å². The van der Waals surface area contributed by atoms with Crippen LogP contribution in [0.3, 0.4) is 0 Å². The molecule has 92 valence electrons. The third kappa shape index (κ3) is 2.71. The van der Waals surface area contributed by atoms with Crippen molar-refractivity contribution < 1.29 is 13.2 Å². The fraction of sp³-hybridized carbons (Fsp3) is 0.889. The number of nitrogens with zero attached hydrogens (tertiary/aromatic N) is 1. The van der Waals surface area contributed by atoms with E-state index >= 15 is 0 Å². The number of nitrogens with two attached hydrogens (primary N) is 1. The van der Waals surface area contributed by atoms with Gasteiger partial charge in [-0.25, -0.2) is 13.1 Å². The number of nitriles is 1. The van der Waals surface area contributed by atoms with Gasteiger partial charge in [0.25, 0.3) is 0 Å². The predicted octanol–water partition coefficient (Wildman–Crippen LogP) is -0.677. The third-order valence-corrected chi connectivity index (χ3v) is 4.33. The molecule has 0 bridgehead atoms. The van der Waals surface area contributed by atoms with Crippen LogP contribution >= 0.6 is 0 Å². The highest BCUT2D eigenvalue weighted by Gasteiger charge is 2.42. The maximum Gasteiger partial charge on any atom is 0.228 e. The largest absolute Gasteiger partial charge is 0.377 e. The van der Waals surface area contributed by atoms with Crippen LogP contribution in [0.5, 0.6) is 0 Å². The van der Waals surface area contributed by atoms with Gasteiger partial charge in [0.2, 0.25) is 10.0 Å². The second-order valence-electron chi connectivity index (χ2n) is 3.85. The molecule has 1 fully saturated rings. The number of hydrogen-bond donors (Lipinski definition) is 2. The van der Waals surface area contributed by atoms with E-state index in [2.05, 4.69) is 4.72 Å². The van der Waals surface area contributed by atoms with Crippen LogP contribution in [-0.2, 0) is 14.8 Å². The van der Waals surface area contributed by atoms with E-state index in [1.807, 2.05) is 6.92 Å². The molecule has 0 aromatic rings. The second-order valence-corrected chi connectivity index (χ2v) is 5.89. The van der Waals surface area contributed by atoms with E-state index in [1.54, 1.807) is 6.07 Å². The van der Waals surface area contributed by atoms with E-state index in [-0.39, 0.29) is 12.1 Å². The van der Waals surface area contributed by atoms with Gasteiger partial charge in [-0.05, 0) is 20.3 Å². The molecule has 4 unspecified atom stereocenters. The second kappa shape index (κ2) is 5.10. The van der Waals surface area contributed by atoms with E-state index in [1.165, 1.54) is 6.92 Å². The number of nitrogens with one attached hydrogen (secondary N) is 1. The maximum absolute atomic E-state index is 11.6. The Hall–Kier alpha value is -0.680. The average molecular weight is 247 g/mol. The number of sulfonamides is 1. The molecule has 1 aliphatic rings. The zero-order valence-electron chi connectivity index (χ0n) is 9.38. The molecule has 3 N–H and O–H groups in total. The Morgan fingerprint density at radius 1 is 1.69 bits per heavy atom. The van der Waals surface area contributed by atoms with Crippen LogP contribution < -0.4 is 10.5 Å². The Labute approximate surface area is 95.8 Å². The molecule has 0 radical (unpaired) electrons. The van der Waals surface area contributed by atoms with Crippen LogP contribution in [0.2, 0.25) is 0 Å². The lowest BCUT2D eigenvalue weighted by atomic mass is 9.84. The monoisotopic (exact) mass is 247 g/mol. The lowest BCUT2D eigenvalue weighted by molar-refractivity contribution is -0.0248. The minimum Gasteiger partial charge on any atom is -0.377 e. The molecular formula is C9H17N3O3S. The first-order chi connectivity index (χ1) is 7.42. The molecule has 0 saturated heterocycles. The van der Waals surface area contributed by atoms with Gasteiger partial charge >= 0.3 is 0 Å². The molecule has 4 atom stereocenters. The molecule has 16 heavy (non-hydrogen) atoms. The SMILES string of the molecule is CCOC1CC(N)C1NS(=O)(=O)C(C)C#N. The predicted molar refractivity (Wildman–Crippen MR) is 58.9 cm³/mol. The molecule has 1 saturated carbocycles. The number of ether oxygens (including phenoxy) is 1. The Bertz CT molecular complexity index is 374. The lowest BCUT2D eigenvalue weighted by Gasteiger charge is -2.42. The molecule has 0 heterocycles. The Balaban J connectivity index is 2.63. The van der Waals surface area contributed by atoms with Crippen LogP contribution in [0.1, 0.15) is 20.3 Å². The summed E-state index contributed by atoms with van der Waals surface area (Å²) in [5.41, 5.74) is 5.70. The fourth-order valence-corrected chi connectivity index (χ4v) is 2.60. The number of hydrogen-bond acceptors (Lipinski definition) is 5. The summed E-state index contributed by atoms with van der Waals surface area (Å²) in [4.78, 5) is 0. The van der Waals surface area contributed by atoms with Crippen molar-refractivity contribution in [2.24, 2.45) is 5.73 Å². The highest BCUT2D eigenvalue weighted by molar-refractivity contribution is 7.90. The van der Waals surface area contributed by atoms with Gasteiger partial charge < -0.3 is 10.5 Å². The van der Waals surface area contributed by atoms with Crippen LogP contribution in [0.25, 0.3) is 0 Å². The first-order valence-corrected chi connectivity index (χ1v) is 6.75. The zero-order valence-corrected chi connectivity index (χ0v) is 10.2. The summed E-state index contributed by atoms with van der Waals surface area (Å²) in [5.74, 6) is 0. The van der Waals surface area contributed by atoms with Crippen molar-refractivity contribution in [1.82, 2.24) is 4.72 Å². The van der Waals surface area contributed by atoms with Gasteiger partial charge in [0.15, 0.2) is 5.25 Å². The van der Waals surface area contributed by atoms with Crippen molar-refractivity contribution in [2.75, 3.05) is 6.61 Å². The van der Waals surface area contributed by atoms with E-state index in [0.29, 0.717) is 13.0 Å². The van der Waals surface area contributed by atoms with E-state index < -0.39 is 21.3 Å². The van der Waals surface area contributed by atoms with Gasteiger partial charge in [-0.3, -0.25) is 0 Å². The van der Waals surface area contributed by atoms with Crippen molar-refractivity contribution in [1.29, 1.82) is 5.26 Å². The van der Waals surface area contributed by atoms with Crippen molar-refractivity contribution in [3.05, 3.63) is 0 Å².